The first-order chi connectivity index (χ1) is 10.9. The van der Waals surface area contributed by atoms with Crippen molar-refractivity contribution in [1.29, 1.82) is 0 Å². The summed E-state index contributed by atoms with van der Waals surface area (Å²) in [5.74, 6) is 0. The van der Waals surface area contributed by atoms with Gasteiger partial charge >= 0.3 is 6.03 Å². The minimum atomic E-state index is -0.185. The van der Waals surface area contributed by atoms with Crippen LogP contribution in [0.5, 0.6) is 0 Å². The Kier molecular flexibility index (Phi) is 5.67. The zero-order valence-corrected chi connectivity index (χ0v) is 14.6. The number of hydrogen-bond donors (Lipinski definition) is 2. The van der Waals surface area contributed by atoms with E-state index in [9.17, 15) is 4.79 Å². The van der Waals surface area contributed by atoms with Crippen molar-refractivity contribution < 1.29 is 4.79 Å². The van der Waals surface area contributed by atoms with Crippen LogP contribution in [0.3, 0.4) is 0 Å². The summed E-state index contributed by atoms with van der Waals surface area (Å²) in [6, 6.07) is 15.4. The van der Waals surface area contributed by atoms with Gasteiger partial charge in [-0.1, -0.05) is 62.7 Å². The van der Waals surface area contributed by atoms with E-state index in [0.717, 1.165) is 28.3 Å². The molecule has 122 valence electrons. The predicted molar refractivity (Wildman–Crippen MR) is 97.3 cm³/mol. The number of amides is 2. The van der Waals surface area contributed by atoms with Gasteiger partial charge in [-0.2, -0.15) is 0 Å². The van der Waals surface area contributed by atoms with Gasteiger partial charge in [0.15, 0.2) is 0 Å². The summed E-state index contributed by atoms with van der Waals surface area (Å²) in [7, 11) is 0. The predicted octanol–water partition coefficient (Wildman–Crippen LogP) is 5.00. The minimum absolute atomic E-state index is 0.0207. The third-order valence-corrected chi connectivity index (χ3v) is 3.85. The first-order valence-electron chi connectivity index (χ1n) is 7.75. The van der Waals surface area contributed by atoms with Crippen molar-refractivity contribution >= 4 is 23.3 Å². The number of anilines is 1. The zero-order valence-electron chi connectivity index (χ0n) is 13.8. The van der Waals surface area contributed by atoms with Crippen molar-refractivity contribution in [2.75, 3.05) is 11.9 Å². The lowest BCUT2D eigenvalue weighted by Crippen LogP contribution is -2.31. The Labute approximate surface area is 143 Å². The van der Waals surface area contributed by atoms with Gasteiger partial charge in [-0.25, -0.2) is 4.79 Å². The van der Waals surface area contributed by atoms with Crippen LogP contribution in [-0.2, 0) is 11.8 Å². The molecule has 3 nitrogen and oxygen atoms in total. The quantitative estimate of drug-likeness (QED) is 0.813. The molecule has 0 fully saturated rings. The second kappa shape index (κ2) is 7.51. The molecule has 0 radical (unpaired) electrons. The second-order valence-electron chi connectivity index (χ2n) is 6.55. The highest BCUT2D eigenvalue weighted by Gasteiger charge is 2.18. The number of hydrogen-bond acceptors (Lipinski definition) is 1. The van der Waals surface area contributed by atoms with E-state index < -0.39 is 0 Å². The first-order valence-corrected chi connectivity index (χ1v) is 8.13. The maximum Gasteiger partial charge on any atom is 0.319 e. The fourth-order valence-corrected chi connectivity index (χ4v) is 2.51. The molecule has 0 spiro atoms. The van der Waals surface area contributed by atoms with E-state index in [1.807, 2.05) is 48.5 Å². The Bertz CT molecular complexity index is 660. The van der Waals surface area contributed by atoms with Gasteiger partial charge in [0.25, 0.3) is 0 Å². The number of benzene rings is 2. The van der Waals surface area contributed by atoms with Gasteiger partial charge < -0.3 is 10.6 Å². The van der Waals surface area contributed by atoms with Gasteiger partial charge in [-0.15, -0.1) is 0 Å². The topological polar surface area (TPSA) is 41.1 Å². The van der Waals surface area contributed by atoms with Gasteiger partial charge in [0.1, 0.15) is 0 Å². The molecule has 2 aromatic carbocycles. The molecule has 2 N–H and O–H groups in total. The lowest BCUT2D eigenvalue weighted by molar-refractivity contribution is 0.252. The van der Waals surface area contributed by atoms with Crippen molar-refractivity contribution in [3.63, 3.8) is 0 Å². The summed E-state index contributed by atoms with van der Waals surface area (Å²) in [5.41, 5.74) is 3.09. The highest BCUT2D eigenvalue weighted by Crippen LogP contribution is 2.29. The largest absolute Gasteiger partial charge is 0.338 e. The molecule has 23 heavy (non-hydrogen) atoms. The summed E-state index contributed by atoms with van der Waals surface area (Å²) < 4.78 is 0. The van der Waals surface area contributed by atoms with Crippen LogP contribution in [0.1, 0.15) is 31.9 Å². The van der Waals surface area contributed by atoms with Crippen LogP contribution >= 0.6 is 11.6 Å². The van der Waals surface area contributed by atoms with Crippen LogP contribution in [0.4, 0.5) is 10.5 Å². The van der Waals surface area contributed by atoms with Crippen LogP contribution in [0.2, 0.25) is 5.02 Å². The number of carbonyl (C=O) groups is 1. The Morgan fingerprint density at radius 3 is 2.35 bits per heavy atom. The Balaban J connectivity index is 1.89. The smallest absolute Gasteiger partial charge is 0.319 e. The Hall–Kier alpha value is -2.00. The normalized spacial score (nSPS) is 11.1. The molecule has 0 unspecified atom stereocenters. The fourth-order valence-electron chi connectivity index (χ4n) is 2.38. The Morgan fingerprint density at radius 1 is 1.04 bits per heavy atom. The van der Waals surface area contributed by atoms with Crippen LogP contribution in [0.25, 0.3) is 0 Å². The number of para-hydroxylation sites is 1. The van der Waals surface area contributed by atoms with E-state index >= 15 is 0 Å². The lowest BCUT2D eigenvalue weighted by atomic mass is 9.86. The molecule has 2 aromatic rings. The molecule has 0 aliphatic carbocycles. The zero-order chi connectivity index (χ0) is 16.9. The van der Waals surface area contributed by atoms with Gasteiger partial charge in [-0.05, 0) is 41.2 Å². The van der Waals surface area contributed by atoms with Gasteiger partial charge in [0.05, 0.1) is 0 Å². The monoisotopic (exact) mass is 330 g/mol. The fraction of sp³-hybridized carbons (Fsp3) is 0.316. The molecular weight excluding hydrogens is 308 g/mol. The highest BCUT2D eigenvalue weighted by atomic mass is 35.5. The average molecular weight is 331 g/mol. The van der Waals surface area contributed by atoms with Crippen molar-refractivity contribution in [2.24, 2.45) is 0 Å². The SMILES string of the molecule is CC(C)(C)c1ccccc1NC(=O)NCCc1ccc(Cl)cc1. The van der Waals surface area contributed by atoms with E-state index in [1.165, 1.54) is 0 Å². The molecule has 0 saturated heterocycles. The number of rotatable bonds is 4. The summed E-state index contributed by atoms with van der Waals surface area (Å²) >= 11 is 5.86. The van der Waals surface area contributed by atoms with Crippen molar-refractivity contribution in [1.82, 2.24) is 5.32 Å². The van der Waals surface area contributed by atoms with E-state index in [-0.39, 0.29) is 11.4 Å². The molecule has 0 saturated carbocycles. The number of nitrogens with one attached hydrogen (secondary N) is 2. The molecular formula is C19H23ClN2O. The molecule has 0 aromatic heterocycles. The number of halogens is 1. The van der Waals surface area contributed by atoms with Crippen LogP contribution in [0.15, 0.2) is 48.5 Å². The van der Waals surface area contributed by atoms with Gasteiger partial charge in [-0.3, -0.25) is 0 Å². The second-order valence-corrected chi connectivity index (χ2v) is 6.99. The summed E-state index contributed by atoms with van der Waals surface area (Å²) in [6.45, 7) is 6.97. The number of carbonyl (C=O) groups excluding carboxylic acids is 1. The first kappa shape index (κ1) is 17.4. The average Bonchev–Trinajstić information content (AvgIpc) is 2.49. The van der Waals surface area contributed by atoms with Crippen LogP contribution < -0.4 is 10.6 Å². The van der Waals surface area contributed by atoms with Crippen LogP contribution in [0, 0.1) is 0 Å². The van der Waals surface area contributed by atoms with E-state index in [0.29, 0.717) is 6.54 Å². The molecule has 0 heterocycles. The van der Waals surface area contributed by atoms with Crippen molar-refractivity contribution in [2.45, 2.75) is 32.6 Å². The molecule has 0 bridgehead atoms. The van der Waals surface area contributed by atoms with E-state index in [2.05, 4.69) is 31.4 Å². The van der Waals surface area contributed by atoms with E-state index in [1.54, 1.807) is 0 Å². The molecule has 0 atom stereocenters. The highest BCUT2D eigenvalue weighted by molar-refractivity contribution is 6.30. The van der Waals surface area contributed by atoms with Crippen LogP contribution in [-0.4, -0.2) is 12.6 Å². The third kappa shape index (κ3) is 5.29. The van der Waals surface area contributed by atoms with Gasteiger partial charge in [0, 0.05) is 17.3 Å². The minimum Gasteiger partial charge on any atom is -0.338 e. The van der Waals surface area contributed by atoms with E-state index in [4.69, 9.17) is 11.6 Å². The Morgan fingerprint density at radius 2 is 1.70 bits per heavy atom. The molecule has 2 rings (SSSR count). The van der Waals surface area contributed by atoms with Crippen molar-refractivity contribution in [3.8, 4) is 0 Å². The summed E-state index contributed by atoms with van der Waals surface area (Å²) in [6.07, 6.45) is 0.769. The maximum absolute atomic E-state index is 12.1. The molecule has 4 heteroatoms. The lowest BCUT2D eigenvalue weighted by Gasteiger charge is -2.23. The standard InChI is InChI=1S/C19H23ClN2O/c1-19(2,3)16-6-4-5-7-17(16)22-18(23)21-13-12-14-8-10-15(20)11-9-14/h4-11H,12-13H2,1-3H3,(H2,21,22,23). The molecule has 0 aliphatic rings. The van der Waals surface area contributed by atoms with Crippen molar-refractivity contribution in [3.05, 3.63) is 64.7 Å². The summed E-state index contributed by atoms with van der Waals surface area (Å²) in [5, 5.41) is 6.55. The molecule has 0 aliphatic heterocycles. The molecule has 2 amide bonds. The summed E-state index contributed by atoms with van der Waals surface area (Å²) in [4.78, 5) is 12.1. The van der Waals surface area contributed by atoms with Gasteiger partial charge in [0.2, 0.25) is 0 Å². The maximum atomic E-state index is 12.1. The third-order valence-electron chi connectivity index (χ3n) is 3.60. The number of urea groups is 1.